The molecule has 19 heavy (non-hydrogen) atoms. The summed E-state index contributed by atoms with van der Waals surface area (Å²) in [7, 11) is 3.00. The van der Waals surface area contributed by atoms with Gasteiger partial charge in [-0.2, -0.15) is 13.2 Å². The lowest BCUT2D eigenvalue weighted by molar-refractivity contribution is -0.137. The fourth-order valence-electron chi connectivity index (χ4n) is 1.49. The highest BCUT2D eigenvalue weighted by Crippen LogP contribution is 2.31. The number of hydrogen-bond acceptors (Lipinski definition) is 3. The molecule has 0 heterocycles. The molecule has 1 aromatic rings. The van der Waals surface area contributed by atoms with Gasteiger partial charge < -0.3 is 15.4 Å². The monoisotopic (exact) mass is 276 g/mol. The molecule has 4 nitrogen and oxygen atoms in total. The number of ether oxygens (including phenoxy) is 1. The number of methoxy groups -OCH3 is 1. The molecule has 1 rings (SSSR count). The Morgan fingerprint density at radius 2 is 2.05 bits per heavy atom. The second kappa shape index (κ2) is 6.42. The Labute approximate surface area is 108 Å². The molecular formula is C12H15F3N2O2. The lowest BCUT2D eigenvalue weighted by atomic mass is 10.1. The van der Waals surface area contributed by atoms with E-state index in [0.717, 1.165) is 12.1 Å². The van der Waals surface area contributed by atoms with Crippen LogP contribution in [-0.4, -0.2) is 33.2 Å². The average molecular weight is 276 g/mol. The third-order valence-corrected chi connectivity index (χ3v) is 2.45. The van der Waals surface area contributed by atoms with Crippen LogP contribution in [0.4, 0.5) is 18.9 Å². The van der Waals surface area contributed by atoms with Crippen molar-refractivity contribution in [3.63, 3.8) is 0 Å². The van der Waals surface area contributed by atoms with Gasteiger partial charge in [0.25, 0.3) is 5.91 Å². The van der Waals surface area contributed by atoms with Crippen LogP contribution in [0, 0.1) is 0 Å². The number of carbonyl (C=O) groups excluding carboxylic acids is 1. The quantitative estimate of drug-likeness (QED) is 0.810. The van der Waals surface area contributed by atoms with E-state index in [1.807, 2.05) is 0 Å². The average Bonchev–Trinajstić information content (AvgIpc) is 2.37. The molecule has 0 aliphatic heterocycles. The van der Waals surface area contributed by atoms with Crippen molar-refractivity contribution in [1.29, 1.82) is 0 Å². The molecular weight excluding hydrogens is 261 g/mol. The number of anilines is 1. The van der Waals surface area contributed by atoms with Gasteiger partial charge in [0.1, 0.15) is 0 Å². The Balaban J connectivity index is 2.99. The van der Waals surface area contributed by atoms with E-state index in [1.165, 1.54) is 20.2 Å². The molecule has 106 valence electrons. The SMILES string of the molecule is CNc1ccc(C(F)(F)F)cc1C(=O)NCCOC. The Bertz CT molecular complexity index is 447. The first-order valence-electron chi connectivity index (χ1n) is 5.56. The molecule has 0 radical (unpaired) electrons. The number of alkyl halides is 3. The van der Waals surface area contributed by atoms with Gasteiger partial charge in [-0.05, 0) is 18.2 Å². The smallest absolute Gasteiger partial charge is 0.387 e. The second-order valence-corrected chi connectivity index (χ2v) is 3.76. The van der Waals surface area contributed by atoms with Crippen LogP contribution in [0.1, 0.15) is 15.9 Å². The van der Waals surface area contributed by atoms with Gasteiger partial charge in [0.05, 0.1) is 17.7 Å². The third-order valence-electron chi connectivity index (χ3n) is 2.45. The number of amides is 1. The number of hydrogen-bond donors (Lipinski definition) is 2. The number of benzene rings is 1. The van der Waals surface area contributed by atoms with Gasteiger partial charge in [-0.3, -0.25) is 4.79 Å². The first-order chi connectivity index (χ1) is 8.90. The minimum absolute atomic E-state index is 0.0478. The lowest BCUT2D eigenvalue weighted by Crippen LogP contribution is -2.28. The molecule has 0 aliphatic carbocycles. The predicted octanol–water partition coefficient (Wildman–Crippen LogP) is 2.12. The molecule has 1 amide bonds. The lowest BCUT2D eigenvalue weighted by Gasteiger charge is -2.13. The topological polar surface area (TPSA) is 50.4 Å². The number of halogens is 3. The van der Waals surface area contributed by atoms with E-state index < -0.39 is 17.6 Å². The van der Waals surface area contributed by atoms with Crippen molar-refractivity contribution in [2.24, 2.45) is 0 Å². The number of rotatable bonds is 5. The molecule has 0 bridgehead atoms. The van der Waals surface area contributed by atoms with Crippen LogP contribution in [0.25, 0.3) is 0 Å². The van der Waals surface area contributed by atoms with Gasteiger partial charge in [-0.15, -0.1) is 0 Å². The largest absolute Gasteiger partial charge is 0.416 e. The summed E-state index contributed by atoms with van der Waals surface area (Å²) in [6.07, 6.45) is -4.48. The third kappa shape index (κ3) is 4.13. The molecule has 7 heteroatoms. The fraction of sp³-hybridized carbons (Fsp3) is 0.417. The van der Waals surface area contributed by atoms with Crippen LogP contribution >= 0.6 is 0 Å². The minimum Gasteiger partial charge on any atom is -0.387 e. The normalized spacial score (nSPS) is 11.2. The molecule has 0 unspecified atom stereocenters. The van der Waals surface area contributed by atoms with Crippen molar-refractivity contribution in [2.75, 3.05) is 32.6 Å². The molecule has 1 aromatic carbocycles. The van der Waals surface area contributed by atoms with Gasteiger partial charge in [0, 0.05) is 26.4 Å². The molecule has 0 atom stereocenters. The maximum Gasteiger partial charge on any atom is 0.416 e. The summed E-state index contributed by atoms with van der Waals surface area (Å²) in [4.78, 5) is 11.8. The number of nitrogens with one attached hydrogen (secondary N) is 2. The Morgan fingerprint density at radius 3 is 2.58 bits per heavy atom. The summed E-state index contributed by atoms with van der Waals surface area (Å²) < 4.78 is 42.6. The van der Waals surface area contributed by atoms with E-state index in [0.29, 0.717) is 12.3 Å². The second-order valence-electron chi connectivity index (χ2n) is 3.76. The molecule has 2 N–H and O–H groups in total. The minimum atomic E-state index is -4.48. The van der Waals surface area contributed by atoms with E-state index in [2.05, 4.69) is 10.6 Å². The van der Waals surface area contributed by atoms with Crippen molar-refractivity contribution >= 4 is 11.6 Å². The van der Waals surface area contributed by atoms with Gasteiger partial charge in [0.15, 0.2) is 0 Å². The molecule has 0 saturated carbocycles. The Hall–Kier alpha value is -1.76. The van der Waals surface area contributed by atoms with Crippen molar-refractivity contribution in [2.45, 2.75) is 6.18 Å². The summed E-state index contributed by atoms with van der Waals surface area (Å²) in [6.45, 7) is 0.522. The van der Waals surface area contributed by atoms with Gasteiger partial charge in [0.2, 0.25) is 0 Å². The van der Waals surface area contributed by atoms with Crippen molar-refractivity contribution < 1.29 is 22.7 Å². The van der Waals surface area contributed by atoms with E-state index in [4.69, 9.17) is 4.74 Å². The van der Waals surface area contributed by atoms with Gasteiger partial charge in [-0.1, -0.05) is 0 Å². The van der Waals surface area contributed by atoms with E-state index in [1.54, 1.807) is 0 Å². The van der Waals surface area contributed by atoms with Crippen LogP contribution in [0.15, 0.2) is 18.2 Å². The standard InChI is InChI=1S/C12H15F3N2O2/c1-16-10-4-3-8(12(13,14)15)7-9(10)11(18)17-5-6-19-2/h3-4,7,16H,5-6H2,1-2H3,(H,17,18). The van der Waals surface area contributed by atoms with Crippen LogP contribution in [0.2, 0.25) is 0 Å². The van der Waals surface area contributed by atoms with E-state index in [-0.39, 0.29) is 12.1 Å². The van der Waals surface area contributed by atoms with E-state index >= 15 is 0 Å². The molecule has 0 aromatic heterocycles. The summed E-state index contributed by atoms with van der Waals surface area (Å²) in [5.74, 6) is -0.576. The van der Waals surface area contributed by atoms with Crippen LogP contribution in [0.3, 0.4) is 0 Å². The van der Waals surface area contributed by atoms with Gasteiger partial charge in [-0.25, -0.2) is 0 Å². The molecule has 0 saturated heterocycles. The van der Waals surface area contributed by atoms with E-state index in [9.17, 15) is 18.0 Å². The predicted molar refractivity (Wildman–Crippen MR) is 65.2 cm³/mol. The van der Waals surface area contributed by atoms with Crippen molar-refractivity contribution in [3.05, 3.63) is 29.3 Å². The highest BCUT2D eigenvalue weighted by Gasteiger charge is 2.31. The zero-order valence-electron chi connectivity index (χ0n) is 10.6. The molecule has 0 aliphatic rings. The Kier molecular flexibility index (Phi) is 5.17. The zero-order chi connectivity index (χ0) is 14.5. The maximum absolute atomic E-state index is 12.6. The van der Waals surface area contributed by atoms with Crippen LogP contribution < -0.4 is 10.6 Å². The molecule has 0 spiro atoms. The van der Waals surface area contributed by atoms with Crippen LogP contribution in [-0.2, 0) is 10.9 Å². The Morgan fingerprint density at radius 1 is 1.37 bits per heavy atom. The molecule has 0 fully saturated rings. The summed E-state index contributed by atoms with van der Waals surface area (Å²) in [6, 6.07) is 2.99. The highest BCUT2D eigenvalue weighted by atomic mass is 19.4. The highest BCUT2D eigenvalue weighted by molar-refractivity contribution is 5.99. The number of carbonyl (C=O) groups is 1. The zero-order valence-corrected chi connectivity index (χ0v) is 10.6. The van der Waals surface area contributed by atoms with Crippen LogP contribution in [0.5, 0.6) is 0 Å². The fourth-order valence-corrected chi connectivity index (χ4v) is 1.49. The summed E-state index contributed by atoms with van der Waals surface area (Å²) in [5.41, 5.74) is -0.570. The maximum atomic E-state index is 12.6. The first-order valence-corrected chi connectivity index (χ1v) is 5.56. The first kappa shape index (κ1) is 15.3. The van der Waals surface area contributed by atoms with Crippen molar-refractivity contribution in [1.82, 2.24) is 5.32 Å². The summed E-state index contributed by atoms with van der Waals surface area (Å²) in [5, 5.41) is 5.17. The van der Waals surface area contributed by atoms with Crippen molar-refractivity contribution in [3.8, 4) is 0 Å². The summed E-state index contributed by atoms with van der Waals surface area (Å²) >= 11 is 0. The van der Waals surface area contributed by atoms with Gasteiger partial charge >= 0.3 is 6.18 Å².